The predicted molar refractivity (Wildman–Crippen MR) is 92.3 cm³/mol. The van der Waals surface area contributed by atoms with Gasteiger partial charge in [-0.15, -0.1) is 0 Å². The molecule has 1 fully saturated rings. The summed E-state index contributed by atoms with van der Waals surface area (Å²) in [4.78, 5) is 18.3. The molecule has 2 unspecified atom stereocenters. The summed E-state index contributed by atoms with van der Waals surface area (Å²) in [5.41, 5.74) is 0.0457. The van der Waals surface area contributed by atoms with E-state index in [4.69, 9.17) is 4.74 Å². The number of halogens is 2. The summed E-state index contributed by atoms with van der Waals surface area (Å²) < 4.78 is 32.2. The van der Waals surface area contributed by atoms with Crippen LogP contribution >= 0.6 is 0 Å². The van der Waals surface area contributed by atoms with Crippen molar-refractivity contribution in [1.82, 2.24) is 10.2 Å². The molecular formula is C18H25F2N3O2. The Labute approximate surface area is 147 Å². The van der Waals surface area contributed by atoms with Gasteiger partial charge in [-0.3, -0.25) is 9.79 Å². The van der Waals surface area contributed by atoms with E-state index in [1.165, 1.54) is 25.3 Å². The van der Waals surface area contributed by atoms with Crippen LogP contribution in [0.4, 0.5) is 8.78 Å². The van der Waals surface area contributed by atoms with Crippen molar-refractivity contribution in [2.75, 3.05) is 33.3 Å². The van der Waals surface area contributed by atoms with E-state index < -0.39 is 11.6 Å². The van der Waals surface area contributed by atoms with Crippen LogP contribution < -0.4 is 5.32 Å². The van der Waals surface area contributed by atoms with Crippen molar-refractivity contribution in [3.8, 4) is 0 Å². The summed E-state index contributed by atoms with van der Waals surface area (Å²) in [7, 11) is 1.39. The maximum absolute atomic E-state index is 13.7. The summed E-state index contributed by atoms with van der Waals surface area (Å²) >= 11 is 0. The van der Waals surface area contributed by atoms with Crippen LogP contribution in [0.25, 0.3) is 0 Å². The second-order valence-electron chi connectivity index (χ2n) is 6.20. The molecule has 7 heteroatoms. The van der Waals surface area contributed by atoms with Crippen molar-refractivity contribution in [3.05, 3.63) is 35.4 Å². The molecule has 1 aromatic rings. The minimum Gasteiger partial charge on any atom is -0.469 e. The molecule has 1 saturated heterocycles. The van der Waals surface area contributed by atoms with Gasteiger partial charge in [0, 0.05) is 31.7 Å². The number of ether oxygens (including phenoxy) is 1. The average Bonchev–Trinajstić information content (AvgIpc) is 2.97. The Kier molecular flexibility index (Phi) is 6.73. The summed E-state index contributed by atoms with van der Waals surface area (Å²) in [5, 5.41) is 3.17. The number of carbonyl (C=O) groups is 1. The number of rotatable bonds is 5. The minimum absolute atomic E-state index is 0.0457. The highest BCUT2D eigenvalue weighted by Crippen LogP contribution is 2.24. The van der Waals surface area contributed by atoms with Gasteiger partial charge in [0.1, 0.15) is 11.6 Å². The largest absolute Gasteiger partial charge is 0.469 e. The van der Waals surface area contributed by atoms with Gasteiger partial charge in [-0.2, -0.15) is 0 Å². The zero-order valence-electron chi connectivity index (χ0n) is 14.9. The van der Waals surface area contributed by atoms with E-state index in [-0.39, 0.29) is 36.3 Å². The lowest BCUT2D eigenvalue weighted by molar-refractivity contribution is -0.145. The third-order valence-corrected chi connectivity index (χ3v) is 4.44. The zero-order valence-corrected chi connectivity index (χ0v) is 14.9. The third-order valence-electron chi connectivity index (χ3n) is 4.44. The van der Waals surface area contributed by atoms with E-state index in [1.54, 1.807) is 0 Å². The molecule has 138 valence electrons. The first-order chi connectivity index (χ1) is 12.0. The van der Waals surface area contributed by atoms with E-state index >= 15 is 0 Å². The van der Waals surface area contributed by atoms with Crippen molar-refractivity contribution >= 4 is 11.9 Å². The van der Waals surface area contributed by atoms with Gasteiger partial charge in [0.05, 0.1) is 13.0 Å². The Morgan fingerprint density at radius 2 is 2.04 bits per heavy atom. The van der Waals surface area contributed by atoms with Crippen molar-refractivity contribution in [2.45, 2.75) is 20.3 Å². The van der Waals surface area contributed by atoms with Crippen LogP contribution in [-0.2, 0) is 16.0 Å². The van der Waals surface area contributed by atoms with Crippen molar-refractivity contribution in [3.63, 3.8) is 0 Å². The number of aliphatic imine (C=N–C) groups is 1. The SMILES string of the molecule is CCNC(=NCCc1c(F)cccc1F)N1CC(C)C(C(=O)OC)C1. The number of nitrogens with one attached hydrogen (secondary N) is 1. The van der Waals surface area contributed by atoms with Gasteiger partial charge in [0.25, 0.3) is 0 Å². The molecule has 0 aliphatic carbocycles. The average molecular weight is 353 g/mol. The maximum atomic E-state index is 13.7. The van der Waals surface area contributed by atoms with Crippen molar-refractivity contribution in [1.29, 1.82) is 0 Å². The van der Waals surface area contributed by atoms with Crippen LogP contribution in [0.3, 0.4) is 0 Å². The fourth-order valence-electron chi connectivity index (χ4n) is 3.07. The van der Waals surface area contributed by atoms with Gasteiger partial charge >= 0.3 is 5.97 Å². The van der Waals surface area contributed by atoms with Crippen LogP contribution in [0.5, 0.6) is 0 Å². The monoisotopic (exact) mass is 353 g/mol. The smallest absolute Gasteiger partial charge is 0.310 e. The molecule has 2 atom stereocenters. The van der Waals surface area contributed by atoms with Gasteiger partial charge in [-0.25, -0.2) is 8.78 Å². The molecule has 0 bridgehead atoms. The highest BCUT2D eigenvalue weighted by atomic mass is 19.1. The Balaban J connectivity index is 2.05. The lowest BCUT2D eigenvalue weighted by Crippen LogP contribution is -2.40. The molecule has 0 saturated carbocycles. The standard InChI is InChI=1S/C18H25F2N3O2/c1-4-21-18(23-10-12(2)14(11-23)17(24)25-3)22-9-8-13-15(19)6-5-7-16(13)20/h5-7,12,14H,4,8-11H2,1-3H3,(H,21,22). The van der Waals surface area contributed by atoms with Gasteiger partial charge in [0.15, 0.2) is 5.96 Å². The zero-order chi connectivity index (χ0) is 18.4. The van der Waals surface area contributed by atoms with Gasteiger partial charge in [-0.05, 0) is 31.4 Å². The lowest BCUT2D eigenvalue weighted by Gasteiger charge is -2.21. The summed E-state index contributed by atoms with van der Waals surface area (Å²) in [5.74, 6) is -0.725. The highest BCUT2D eigenvalue weighted by molar-refractivity contribution is 5.82. The number of hydrogen-bond donors (Lipinski definition) is 1. The Morgan fingerprint density at radius 3 is 2.64 bits per heavy atom. The fourth-order valence-corrected chi connectivity index (χ4v) is 3.07. The van der Waals surface area contributed by atoms with Gasteiger partial charge < -0.3 is 15.0 Å². The first-order valence-electron chi connectivity index (χ1n) is 8.51. The number of benzene rings is 1. The van der Waals surface area contributed by atoms with Crippen molar-refractivity contribution in [2.24, 2.45) is 16.8 Å². The van der Waals surface area contributed by atoms with E-state index in [0.29, 0.717) is 25.6 Å². The summed E-state index contributed by atoms with van der Waals surface area (Å²) in [6.45, 7) is 6.07. The van der Waals surface area contributed by atoms with Crippen LogP contribution in [0.2, 0.25) is 0 Å². The Bertz CT molecular complexity index is 616. The highest BCUT2D eigenvalue weighted by Gasteiger charge is 2.36. The second-order valence-corrected chi connectivity index (χ2v) is 6.20. The molecule has 1 aromatic carbocycles. The van der Waals surface area contributed by atoms with Gasteiger partial charge in [0.2, 0.25) is 0 Å². The van der Waals surface area contributed by atoms with Gasteiger partial charge in [-0.1, -0.05) is 13.0 Å². The van der Waals surface area contributed by atoms with E-state index in [1.807, 2.05) is 18.7 Å². The molecule has 1 N–H and O–H groups in total. The van der Waals surface area contributed by atoms with E-state index in [2.05, 4.69) is 10.3 Å². The van der Waals surface area contributed by atoms with Crippen LogP contribution in [0.1, 0.15) is 19.4 Å². The molecular weight excluding hydrogens is 328 g/mol. The lowest BCUT2D eigenvalue weighted by atomic mass is 9.99. The Morgan fingerprint density at radius 1 is 1.36 bits per heavy atom. The van der Waals surface area contributed by atoms with Crippen LogP contribution in [-0.4, -0.2) is 50.1 Å². The molecule has 2 rings (SSSR count). The third kappa shape index (κ3) is 4.67. The van der Waals surface area contributed by atoms with Crippen LogP contribution in [0, 0.1) is 23.5 Å². The van der Waals surface area contributed by atoms with E-state index in [9.17, 15) is 13.6 Å². The quantitative estimate of drug-likeness (QED) is 0.501. The number of carbonyl (C=O) groups excluding carboxylic acids is 1. The maximum Gasteiger partial charge on any atom is 0.310 e. The second kappa shape index (κ2) is 8.78. The summed E-state index contributed by atoms with van der Waals surface area (Å²) in [6.07, 6.45) is 0.178. The molecule has 1 heterocycles. The molecule has 0 radical (unpaired) electrons. The van der Waals surface area contributed by atoms with E-state index in [0.717, 1.165) is 0 Å². The first-order valence-corrected chi connectivity index (χ1v) is 8.51. The van der Waals surface area contributed by atoms with Crippen molar-refractivity contribution < 1.29 is 18.3 Å². The molecule has 0 aromatic heterocycles. The summed E-state index contributed by atoms with van der Waals surface area (Å²) in [6, 6.07) is 3.84. The molecule has 1 aliphatic rings. The topological polar surface area (TPSA) is 53.9 Å². The minimum atomic E-state index is -0.555. The number of esters is 1. The molecule has 5 nitrogen and oxygen atoms in total. The number of methoxy groups -OCH3 is 1. The fraction of sp³-hybridized carbons (Fsp3) is 0.556. The Hall–Kier alpha value is -2.18. The molecule has 25 heavy (non-hydrogen) atoms. The number of likely N-dealkylation sites (tertiary alicyclic amines) is 1. The van der Waals surface area contributed by atoms with Crippen LogP contribution in [0.15, 0.2) is 23.2 Å². The number of nitrogens with zero attached hydrogens (tertiary/aromatic N) is 2. The molecule has 0 amide bonds. The first kappa shape index (κ1) is 19.1. The normalized spacial score (nSPS) is 20.7. The number of guanidine groups is 1. The number of hydrogen-bond acceptors (Lipinski definition) is 3. The molecule has 1 aliphatic heterocycles. The predicted octanol–water partition coefficient (Wildman–Crippen LogP) is 2.21. The molecule has 0 spiro atoms.